The second-order valence-corrected chi connectivity index (χ2v) is 6.79. The number of aliphatic hydroxyl groups excluding tert-OH is 1. The summed E-state index contributed by atoms with van der Waals surface area (Å²) < 4.78 is 6.61. The second-order valence-electron chi connectivity index (χ2n) is 6.79. The highest BCUT2D eigenvalue weighted by Gasteiger charge is 2.10. The van der Waals surface area contributed by atoms with Gasteiger partial charge in [0.2, 0.25) is 5.91 Å². The number of aromatic nitrogens is 1. The number of hydrogen-bond donors (Lipinski definition) is 2. The first-order valence-electron chi connectivity index (χ1n) is 9.21. The zero-order valence-electron chi connectivity index (χ0n) is 16.0. The number of hydrogen-bond acceptors (Lipinski definition) is 4. The van der Waals surface area contributed by atoms with Crippen LogP contribution >= 0.6 is 0 Å². The Morgan fingerprint density at radius 1 is 1.14 bits per heavy atom. The fraction of sp³-hybridized carbons (Fsp3) is 0.273. The minimum Gasteiger partial charge on any atom is -0.497 e. The number of benzene rings is 2. The van der Waals surface area contributed by atoms with Crippen molar-refractivity contribution >= 4 is 22.4 Å². The lowest BCUT2D eigenvalue weighted by molar-refractivity contribution is -0.116. The Hall–Kier alpha value is -3.12. The van der Waals surface area contributed by atoms with Crippen molar-refractivity contribution in [1.82, 2.24) is 4.57 Å². The lowest BCUT2D eigenvalue weighted by atomic mass is 10.1. The highest BCUT2D eigenvalue weighted by molar-refractivity contribution is 6.01. The number of aryl methyl sites for hydroxylation is 1. The van der Waals surface area contributed by atoms with Crippen LogP contribution in [-0.4, -0.2) is 28.8 Å². The van der Waals surface area contributed by atoms with Crippen molar-refractivity contribution < 1.29 is 14.6 Å². The van der Waals surface area contributed by atoms with E-state index in [-0.39, 0.29) is 18.0 Å². The number of aliphatic hydroxyl groups is 1. The molecule has 0 bridgehead atoms. The zero-order chi connectivity index (χ0) is 20.1. The second kappa shape index (κ2) is 8.71. The lowest BCUT2D eigenvalue weighted by Crippen LogP contribution is -2.25. The number of amides is 1. The van der Waals surface area contributed by atoms with Crippen LogP contribution in [0.15, 0.2) is 59.5 Å². The molecule has 0 radical (unpaired) electrons. The van der Waals surface area contributed by atoms with Crippen molar-refractivity contribution in [2.45, 2.75) is 32.4 Å². The van der Waals surface area contributed by atoms with Crippen molar-refractivity contribution in [2.75, 3.05) is 12.4 Å². The first-order valence-corrected chi connectivity index (χ1v) is 9.21. The Bertz CT molecular complexity index is 1020. The maximum absolute atomic E-state index is 12.6. The van der Waals surface area contributed by atoms with E-state index < -0.39 is 6.10 Å². The van der Waals surface area contributed by atoms with Crippen LogP contribution in [-0.2, 0) is 17.8 Å². The minimum absolute atomic E-state index is 0.114. The maximum Gasteiger partial charge on any atom is 0.258 e. The molecule has 146 valence electrons. The predicted molar refractivity (Wildman–Crippen MR) is 110 cm³/mol. The third kappa shape index (κ3) is 4.58. The third-order valence-electron chi connectivity index (χ3n) is 4.55. The summed E-state index contributed by atoms with van der Waals surface area (Å²) in [6.45, 7) is 1.86. The molecule has 0 spiro atoms. The Morgan fingerprint density at radius 2 is 1.89 bits per heavy atom. The molecule has 1 unspecified atom stereocenters. The van der Waals surface area contributed by atoms with Crippen LogP contribution in [0.5, 0.6) is 5.75 Å². The van der Waals surface area contributed by atoms with Gasteiger partial charge in [-0.2, -0.15) is 0 Å². The highest BCUT2D eigenvalue weighted by Crippen LogP contribution is 2.21. The number of anilines is 1. The quantitative estimate of drug-likeness (QED) is 0.660. The first-order chi connectivity index (χ1) is 13.5. The first kappa shape index (κ1) is 19.6. The fourth-order valence-electron chi connectivity index (χ4n) is 3.12. The summed E-state index contributed by atoms with van der Waals surface area (Å²) in [6, 6.07) is 14.7. The molecular weight excluding hydrogens is 356 g/mol. The van der Waals surface area contributed by atoms with E-state index in [4.69, 9.17) is 4.74 Å². The van der Waals surface area contributed by atoms with Gasteiger partial charge >= 0.3 is 0 Å². The summed E-state index contributed by atoms with van der Waals surface area (Å²) in [5.74, 6) is 0.668. The van der Waals surface area contributed by atoms with Gasteiger partial charge in [0.05, 0.1) is 19.8 Å². The molecule has 1 aromatic heterocycles. The van der Waals surface area contributed by atoms with Crippen LogP contribution in [0.25, 0.3) is 10.8 Å². The Balaban J connectivity index is 1.73. The van der Waals surface area contributed by atoms with Gasteiger partial charge in [0, 0.05) is 29.1 Å². The molecule has 6 nitrogen and oxygen atoms in total. The number of nitrogens with zero attached hydrogens (tertiary/aromatic N) is 1. The van der Waals surface area contributed by atoms with Gasteiger partial charge < -0.3 is 19.7 Å². The SMILES string of the molecule is COc1ccc(CCC(=O)Nc2cccc3c(=O)n(CC(C)O)ccc23)cc1. The van der Waals surface area contributed by atoms with Gasteiger partial charge in [0.15, 0.2) is 0 Å². The van der Waals surface area contributed by atoms with Crippen molar-refractivity contribution in [3.05, 3.63) is 70.6 Å². The van der Waals surface area contributed by atoms with Gasteiger partial charge in [-0.3, -0.25) is 9.59 Å². The molecular formula is C22H24N2O4. The largest absolute Gasteiger partial charge is 0.497 e. The number of pyridine rings is 1. The minimum atomic E-state index is -0.615. The van der Waals surface area contributed by atoms with Gasteiger partial charge in [-0.25, -0.2) is 0 Å². The number of carbonyl (C=O) groups excluding carboxylic acids is 1. The molecule has 0 saturated heterocycles. The summed E-state index contributed by atoms with van der Waals surface area (Å²) in [4.78, 5) is 25.0. The predicted octanol–water partition coefficient (Wildman–Crippen LogP) is 2.96. The van der Waals surface area contributed by atoms with Crippen molar-refractivity contribution in [1.29, 1.82) is 0 Å². The van der Waals surface area contributed by atoms with E-state index in [2.05, 4.69) is 5.32 Å². The average Bonchev–Trinajstić information content (AvgIpc) is 2.69. The Kier molecular flexibility index (Phi) is 6.11. The molecule has 0 aliphatic rings. The number of nitrogens with one attached hydrogen (secondary N) is 1. The molecule has 0 saturated carbocycles. The molecule has 3 aromatic rings. The number of ether oxygens (including phenoxy) is 1. The normalized spacial score (nSPS) is 12.0. The molecule has 0 aliphatic heterocycles. The van der Waals surface area contributed by atoms with E-state index in [0.29, 0.717) is 29.3 Å². The molecule has 1 atom stereocenters. The van der Waals surface area contributed by atoms with E-state index in [9.17, 15) is 14.7 Å². The number of carbonyl (C=O) groups is 1. The third-order valence-corrected chi connectivity index (χ3v) is 4.55. The molecule has 3 rings (SSSR count). The van der Waals surface area contributed by atoms with Crippen LogP contribution in [0.2, 0.25) is 0 Å². The smallest absolute Gasteiger partial charge is 0.258 e. The van der Waals surface area contributed by atoms with Crippen molar-refractivity contribution in [3.8, 4) is 5.75 Å². The van der Waals surface area contributed by atoms with Crippen LogP contribution < -0.4 is 15.6 Å². The van der Waals surface area contributed by atoms with Crippen LogP contribution in [0, 0.1) is 0 Å². The summed E-state index contributed by atoms with van der Waals surface area (Å²) in [5, 5.41) is 13.6. The van der Waals surface area contributed by atoms with Crippen LogP contribution in [0.4, 0.5) is 5.69 Å². The van der Waals surface area contributed by atoms with E-state index in [1.54, 1.807) is 44.5 Å². The average molecular weight is 380 g/mol. The Labute approximate surface area is 163 Å². The number of fused-ring (bicyclic) bond motifs is 1. The van der Waals surface area contributed by atoms with Gasteiger partial charge in [0.1, 0.15) is 5.75 Å². The van der Waals surface area contributed by atoms with E-state index in [1.165, 1.54) is 4.57 Å². The number of methoxy groups -OCH3 is 1. The van der Waals surface area contributed by atoms with Gasteiger partial charge in [-0.05, 0) is 49.2 Å². The molecule has 6 heteroatoms. The molecule has 0 fully saturated rings. The topological polar surface area (TPSA) is 80.6 Å². The monoisotopic (exact) mass is 380 g/mol. The summed E-state index contributed by atoms with van der Waals surface area (Å²) >= 11 is 0. The molecule has 2 N–H and O–H groups in total. The van der Waals surface area contributed by atoms with E-state index >= 15 is 0 Å². The molecule has 2 aromatic carbocycles. The summed E-state index contributed by atoms with van der Waals surface area (Å²) in [7, 11) is 1.62. The van der Waals surface area contributed by atoms with Crippen LogP contribution in [0.3, 0.4) is 0 Å². The standard InChI is InChI=1S/C22H24N2O4/c1-15(25)14-24-13-12-18-19(22(24)27)4-3-5-20(18)23-21(26)11-8-16-6-9-17(28-2)10-7-16/h3-7,9-10,12-13,15,25H,8,11,14H2,1-2H3,(H,23,26). The van der Waals surface area contributed by atoms with E-state index in [0.717, 1.165) is 11.3 Å². The van der Waals surface area contributed by atoms with Gasteiger partial charge in [-0.1, -0.05) is 18.2 Å². The highest BCUT2D eigenvalue weighted by atomic mass is 16.5. The summed E-state index contributed by atoms with van der Waals surface area (Å²) in [5.41, 5.74) is 1.47. The maximum atomic E-state index is 12.6. The Morgan fingerprint density at radius 3 is 2.57 bits per heavy atom. The molecule has 1 heterocycles. The van der Waals surface area contributed by atoms with Crippen LogP contribution in [0.1, 0.15) is 18.9 Å². The zero-order valence-corrected chi connectivity index (χ0v) is 16.0. The molecule has 0 aliphatic carbocycles. The lowest BCUT2D eigenvalue weighted by Gasteiger charge is -2.12. The molecule has 28 heavy (non-hydrogen) atoms. The number of rotatable bonds is 7. The molecule has 1 amide bonds. The van der Waals surface area contributed by atoms with Crippen molar-refractivity contribution in [2.24, 2.45) is 0 Å². The van der Waals surface area contributed by atoms with Gasteiger partial charge in [0.25, 0.3) is 5.56 Å². The van der Waals surface area contributed by atoms with Gasteiger partial charge in [-0.15, -0.1) is 0 Å². The van der Waals surface area contributed by atoms with Crippen molar-refractivity contribution in [3.63, 3.8) is 0 Å². The fourth-order valence-corrected chi connectivity index (χ4v) is 3.12. The summed E-state index contributed by atoms with van der Waals surface area (Å²) in [6.07, 6.45) is 1.98. The van der Waals surface area contributed by atoms with E-state index in [1.807, 2.05) is 24.3 Å².